The third-order valence-corrected chi connectivity index (χ3v) is 5.87. The second-order valence-electron chi connectivity index (χ2n) is 7.46. The third kappa shape index (κ3) is 3.25. The molecule has 1 N–H and O–H groups in total. The van der Waals surface area contributed by atoms with Crippen LogP contribution in [0.25, 0.3) is 0 Å². The fourth-order valence-electron chi connectivity index (χ4n) is 4.00. The standard InChI is InChI=1S/C20H26ClNO2/c1-3-11-20(2)12-10-17(14-6-8-16(21)9-7-14)22(19(20)24)18(13-23)15-4-5-15/h3,6-9,15,17-18,23H,1,4-5,10-13H2,2H3/t17-,18?,20-/m0/s1. The molecule has 0 aromatic heterocycles. The number of benzene rings is 1. The molecule has 1 heterocycles. The van der Waals surface area contributed by atoms with Gasteiger partial charge in [-0.2, -0.15) is 0 Å². The third-order valence-electron chi connectivity index (χ3n) is 5.62. The second kappa shape index (κ2) is 6.89. The van der Waals surface area contributed by atoms with Crippen molar-refractivity contribution < 1.29 is 9.90 Å². The Balaban J connectivity index is 1.96. The van der Waals surface area contributed by atoms with Crippen LogP contribution in [-0.2, 0) is 4.79 Å². The van der Waals surface area contributed by atoms with Crippen molar-refractivity contribution in [2.24, 2.45) is 11.3 Å². The number of carbonyl (C=O) groups excluding carboxylic acids is 1. The Kier molecular flexibility index (Phi) is 5.03. The van der Waals surface area contributed by atoms with Crippen LogP contribution in [0.1, 0.15) is 50.6 Å². The number of aliphatic hydroxyl groups is 1. The van der Waals surface area contributed by atoms with Crippen molar-refractivity contribution in [2.45, 2.75) is 51.1 Å². The van der Waals surface area contributed by atoms with Gasteiger partial charge in [0.15, 0.2) is 0 Å². The van der Waals surface area contributed by atoms with Crippen molar-refractivity contribution in [3.05, 3.63) is 47.5 Å². The molecule has 1 aromatic rings. The van der Waals surface area contributed by atoms with Crippen molar-refractivity contribution in [3.63, 3.8) is 0 Å². The van der Waals surface area contributed by atoms with Gasteiger partial charge in [-0.15, -0.1) is 6.58 Å². The van der Waals surface area contributed by atoms with Gasteiger partial charge in [-0.05, 0) is 55.7 Å². The molecule has 4 heteroatoms. The van der Waals surface area contributed by atoms with Crippen LogP contribution in [0.15, 0.2) is 36.9 Å². The van der Waals surface area contributed by atoms with E-state index in [1.807, 2.05) is 42.2 Å². The van der Waals surface area contributed by atoms with Crippen molar-refractivity contribution in [1.29, 1.82) is 0 Å². The first-order valence-electron chi connectivity index (χ1n) is 8.80. The Hall–Kier alpha value is -1.32. The maximum absolute atomic E-state index is 13.4. The van der Waals surface area contributed by atoms with Crippen LogP contribution in [0, 0.1) is 11.3 Å². The normalized spacial score (nSPS) is 28.7. The van der Waals surface area contributed by atoms with Crippen molar-refractivity contribution >= 4 is 17.5 Å². The fourth-order valence-corrected chi connectivity index (χ4v) is 4.13. The van der Waals surface area contributed by atoms with E-state index >= 15 is 0 Å². The summed E-state index contributed by atoms with van der Waals surface area (Å²) >= 11 is 6.02. The van der Waals surface area contributed by atoms with E-state index in [0.29, 0.717) is 17.4 Å². The van der Waals surface area contributed by atoms with Crippen LogP contribution < -0.4 is 0 Å². The summed E-state index contributed by atoms with van der Waals surface area (Å²) in [6.07, 6.45) is 6.45. The minimum absolute atomic E-state index is 0.0189. The molecule has 130 valence electrons. The highest BCUT2D eigenvalue weighted by Gasteiger charge is 2.49. The molecular formula is C20H26ClNO2. The minimum Gasteiger partial charge on any atom is -0.394 e. The topological polar surface area (TPSA) is 40.5 Å². The molecule has 0 radical (unpaired) electrons. The van der Waals surface area contributed by atoms with Gasteiger partial charge in [0, 0.05) is 5.02 Å². The maximum atomic E-state index is 13.4. The summed E-state index contributed by atoms with van der Waals surface area (Å²) in [5, 5.41) is 10.7. The Labute approximate surface area is 149 Å². The first kappa shape index (κ1) is 17.5. The molecule has 1 aliphatic carbocycles. The molecule has 3 nitrogen and oxygen atoms in total. The Morgan fingerprint density at radius 3 is 2.58 bits per heavy atom. The zero-order chi connectivity index (χ0) is 17.3. The molecule has 24 heavy (non-hydrogen) atoms. The number of aliphatic hydroxyl groups excluding tert-OH is 1. The molecule has 1 saturated heterocycles. The molecule has 3 atom stereocenters. The summed E-state index contributed by atoms with van der Waals surface area (Å²) in [5.41, 5.74) is 0.694. The van der Waals surface area contributed by atoms with E-state index in [0.717, 1.165) is 31.2 Å². The number of likely N-dealkylation sites (tertiary alicyclic amines) is 1. The summed E-state index contributed by atoms with van der Waals surface area (Å²) in [4.78, 5) is 15.3. The van der Waals surface area contributed by atoms with Gasteiger partial charge in [-0.3, -0.25) is 4.79 Å². The predicted molar refractivity (Wildman–Crippen MR) is 96.8 cm³/mol. The molecule has 0 spiro atoms. The van der Waals surface area contributed by atoms with E-state index in [4.69, 9.17) is 11.6 Å². The van der Waals surface area contributed by atoms with Gasteiger partial charge in [-0.25, -0.2) is 0 Å². The van der Waals surface area contributed by atoms with E-state index in [1.54, 1.807) is 0 Å². The van der Waals surface area contributed by atoms with Crippen LogP contribution in [0.2, 0.25) is 5.02 Å². The largest absolute Gasteiger partial charge is 0.394 e. The molecular weight excluding hydrogens is 322 g/mol. The lowest BCUT2D eigenvalue weighted by Crippen LogP contribution is -2.54. The van der Waals surface area contributed by atoms with Gasteiger partial charge in [0.1, 0.15) is 0 Å². The van der Waals surface area contributed by atoms with Crippen molar-refractivity contribution in [3.8, 4) is 0 Å². The van der Waals surface area contributed by atoms with Crippen LogP contribution in [0.3, 0.4) is 0 Å². The number of hydrogen-bond donors (Lipinski definition) is 1. The van der Waals surface area contributed by atoms with E-state index < -0.39 is 5.41 Å². The zero-order valence-electron chi connectivity index (χ0n) is 14.2. The Bertz CT molecular complexity index is 611. The summed E-state index contributed by atoms with van der Waals surface area (Å²) in [6.45, 7) is 5.89. The van der Waals surface area contributed by atoms with E-state index in [1.165, 1.54) is 0 Å². The van der Waals surface area contributed by atoms with Gasteiger partial charge < -0.3 is 10.0 Å². The lowest BCUT2D eigenvalue weighted by molar-refractivity contribution is -0.154. The second-order valence-corrected chi connectivity index (χ2v) is 7.90. The molecule has 1 amide bonds. The number of amides is 1. The first-order valence-corrected chi connectivity index (χ1v) is 9.18. The molecule has 1 aromatic carbocycles. The Morgan fingerprint density at radius 1 is 1.38 bits per heavy atom. The number of hydrogen-bond acceptors (Lipinski definition) is 2. The molecule has 1 aliphatic heterocycles. The number of nitrogens with zero attached hydrogens (tertiary/aromatic N) is 1. The van der Waals surface area contributed by atoms with Crippen LogP contribution in [0.5, 0.6) is 0 Å². The molecule has 1 saturated carbocycles. The number of piperidine rings is 1. The average Bonchev–Trinajstić information content (AvgIpc) is 3.39. The predicted octanol–water partition coefficient (Wildman–Crippen LogP) is 4.36. The number of allylic oxidation sites excluding steroid dienone is 1. The molecule has 2 fully saturated rings. The number of carbonyl (C=O) groups is 1. The SMILES string of the molecule is C=CC[C@@]1(C)CC[C@@H](c2ccc(Cl)cc2)N(C(CO)C2CC2)C1=O. The molecule has 0 bridgehead atoms. The monoisotopic (exact) mass is 347 g/mol. The van der Waals surface area contributed by atoms with Crippen molar-refractivity contribution in [2.75, 3.05) is 6.61 Å². The van der Waals surface area contributed by atoms with Crippen LogP contribution in [-0.4, -0.2) is 28.6 Å². The molecule has 2 aliphatic rings. The summed E-state index contributed by atoms with van der Waals surface area (Å²) in [7, 11) is 0. The van der Waals surface area contributed by atoms with Gasteiger partial charge in [0.25, 0.3) is 0 Å². The molecule has 1 unspecified atom stereocenters. The number of halogens is 1. The van der Waals surface area contributed by atoms with Crippen molar-refractivity contribution in [1.82, 2.24) is 4.90 Å². The highest BCUT2D eigenvalue weighted by Crippen LogP contribution is 2.47. The summed E-state index contributed by atoms with van der Waals surface area (Å²) in [6, 6.07) is 7.70. The Morgan fingerprint density at radius 2 is 2.04 bits per heavy atom. The summed E-state index contributed by atoms with van der Waals surface area (Å²) in [5.74, 6) is 0.583. The minimum atomic E-state index is -0.410. The van der Waals surface area contributed by atoms with E-state index in [9.17, 15) is 9.90 Å². The average molecular weight is 348 g/mol. The lowest BCUT2D eigenvalue weighted by Gasteiger charge is -2.48. The van der Waals surface area contributed by atoms with Gasteiger partial charge >= 0.3 is 0 Å². The van der Waals surface area contributed by atoms with Crippen LogP contribution in [0.4, 0.5) is 0 Å². The van der Waals surface area contributed by atoms with Gasteiger partial charge in [-0.1, -0.05) is 36.7 Å². The maximum Gasteiger partial charge on any atom is 0.229 e. The smallest absolute Gasteiger partial charge is 0.229 e. The highest BCUT2D eigenvalue weighted by atomic mass is 35.5. The van der Waals surface area contributed by atoms with E-state index in [2.05, 4.69) is 6.58 Å². The molecule has 3 rings (SSSR count). The van der Waals surface area contributed by atoms with E-state index in [-0.39, 0.29) is 24.6 Å². The highest BCUT2D eigenvalue weighted by molar-refractivity contribution is 6.30. The first-order chi connectivity index (χ1) is 11.5. The fraction of sp³-hybridized carbons (Fsp3) is 0.550. The summed E-state index contributed by atoms with van der Waals surface area (Å²) < 4.78 is 0. The van der Waals surface area contributed by atoms with Gasteiger partial charge in [0.05, 0.1) is 24.1 Å². The zero-order valence-corrected chi connectivity index (χ0v) is 15.0. The van der Waals surface area contributed by atoms with Gasteiger partial charge in [0.2, 0.25) is 5.91 Å². The number of rotatable bonds is 6. The lowest BCUT2D eigenvalue weighted by atomic mass is 9.74. The van der Waals surface area contributed by atoms with Crippen LogP contribution >= 0.6 is 11.6 Å². The quantitative estimate of drug-likeness (QED) is 0.777.